The molecule has 5 heteroatoms. The average Bonchev–Trinajstić information content (AvgIpc) is 2.39. The van der Waals surface area contributed by atoms with E-state index in [0.717, 1.165) is 32.5 Å². The monoisotopic (exact) mass is 272 g/mol. The summed E-state index contributed by atoms with van der Waals surface area (Å²) in [5, 5.41) is 6.26. The first-order valence-corrected chi connectivity index (χ1v) is 7.16. The summed E-state index contributed by atoms with van der Waals surface area (Å²) in [4.78, 5) is 12.3. The quantitative estimate of drug-likeness (QED) is 0.641. The van der Waals surface area contributed by atoms with Crippen LogP contribution >= 0.6 is 0 Å². The highest BCUT2D eigenvalue weighted by Crippen LogP contribution is 2.29. The van der Waals surface area contributed by atoms with Gasteiger partial charge < -0.3 is 20.1 Å². The van der Waals surface area contributed by atoms with Gasteiger partial charge in [0.25, 0.3) is 0 Å². The van der Waals surface area contributed by atoms with Crippen LogP contribution in [0, 0.1) is 11.3 Å². The van der Waals surface area contributed by atoms with Gasteiger partial charge in [0.15, 0.2) is 0 Å². The minimum atomic E-state index is -0.363. The third-order valence-corrected chi connectivity index (χ3v) is 3.45. The molecule has 1 heterocycles. The number of carbonyl (C=O) groups excluding carboxylic acids is 1. The smallest absolute Gasteiger partial charge is 0.228 e. The Bertz CT molecular complexity index is 258. The second-order valence-corrected chi connectivity index (χ2v) is 5.69. The Hall–Kier alpha value is -0.650. The summed E-state index contributed by atoms with van der Waals surface area (Å²) >= 11 is 0. The van der Waals surface area contributed by atoms with E-state index in [1.54, 1.807) is 7.11 Å². The zero-order valence-electron chi connectivity index (χ0n) is 12.5. The third-order valence-electron chi connectivity index (χ3n) is 3.45. The molecule has 1 fully saturated rings. The van der Waals surface area contributed by atoms with Crippen LogP contribution in [0.25, 0.3) is 0 Å². The summed E-state index contributed by atoms with van der Waals surface area (Å²) in [5.41, 5.74) is -0.363. The summed E-state index contributed by atoms with van der Waals surface area (Å²) in [5.74, 6) is 0.629. The highest BCUT2D eigenvalue weighted by Gasteiger charge is 2.39. The zero-order chi connectivity index (χ0) is 14.1. The van der Waals surface area contributed by atoms with Gasteiger partial charge in [0.1, 0.15) is 0 Å². The second-order valence-electron chi connectivity index (χ2n) is 5.69. The van der Waals surface area contributed by atoms with Gasteiger partial charge in [0, 0.05) is 20.3 Å². The predicted molar refractivity (Wildman–Crippen MR) is 75.1 cm³/mol. The average molecular weight is 272 g/mol. The molecular weight excluding hydrogens is 244 g/mol. The zero-order valence-corrected chi connectivity index (χ0v) is 12.5. The SMILES string of the molecule is COCC1(C(=O)NCCOCC(C)C)CCNCC1. The number of nitrogens with one attached hydrogen (secondary N) is 2. The van der Waals surface area contributed by atoms with Crippen molar-refractivity contribution in [3.05, 3.63) is 0 Å². The maximum atomic E-state index is 12.3. The van der Waals surface area contributed by atoms with Gasteiger partial charge in [-0.15, -0.1) is 0 Å². The molecule has 2 N–H and O–H groups in total. The van der Waals surface area contributed by atoms with Crippen LogP contribution in [0.5, 0.6) is 0 Å². The van der Waals surface area contributed by atoms with E-state index in [2.05, 4.69) is 24.5 Å². The molecule has 112 valence electrons. The van der Waals surface area contributed by atoms with Gasteiger partial charge in [-0.2, -0.15) is 0 Å². The topological polar surface area (TPSA) is 59.6 Å². The molecule has 0 unspecified atom stereocenters. The molecule has 0 aromatic rings. The van der Waals surface area contributed by atoms with Crippen molar-refractivity contribution < 1.29 is 14.3 Å². The van der Waals surface area contributed by atoms with Crippen molar-refractivity contribution in [3.8, 4) is 0 Å². The number of carbonyl (C=O) groups is 1. The molecule has 0 aromatic heterocycles. The van der Waals surface area contributed by atoms with E-state index >= 15 is 0 Å². The minimum absolute atomic E-state index is 0.101. The van der Waals surface area contributed by atoms with Gasteiger partial charge in [-0.3, -0.25) is 4.79 Å². The van der Waals surface area contributed by atoms with Gasteiger partial charge in [0.05, 0.1) is 18.6 Å². The van der Waals surface area contributed by atoms with E-state index in [-0.39, 0.29) is 11.3 Å². The van der Waals surface area contributed by atoms with E-state index in [0.29, 0.717) is 25.7 Å². The van der Waals surface area contributed by atoms with Crippen molar-refractivity contribution in [1.82, 2.24) is 10.6 Å². The van der Waals surface area contributed by atoms with E-state index < -0.39 is 0 Å². The second kappa shape index (κ2) is 8.51. The lowest BCUT2D eigenvalue weighted by atomic mass is 9.78. The molecule has 0 atom stereocenters. The highest BCUT2D eigenvalue weighted by molar-refractivity contribution is 5.83. The van der Waals surface area contributed by atoms with Crippen molar-refractivity contribution in [3.63, 3.8) is 0 Å². The molecule has 5 nitrogen and oxygen atoms in total. The summed E-state index contributed by atoms with van der Waals surface area (Å²) in [6.07, 6.45) is 1.67. The van der Waals surface area contributed by atoms with Crippen LogP contribution in [0.4, 0.5) is 0 Å². The maximum absolute atomic E-state index is 12.3. The Morgan fingerprint density at radius 3 is 2.63 bits per heavy atom. The number of methoxy groups -OCH3 is 1. The molecule has 0 aromatic carbocycles. The van der Waals surface area contributed by atoms with Crippen molar-refractivity contribution >= 4 is 5.91 Å². The van der Waals surface area contributed by atoms with E-state index in [1.807, 2.05) is 0 Å². The molecule has 1 saturated heterocycles. The lowest BCUT2D eigenvalue weighted by Gasteiger charge is -2.35. The van der Waals surface area contributed by atoms with Crippen LogP contribution in [0.15, 0.2) is 0 Å². The van der Waals surface area contributed by atoms with E-state index in [9.17, 15) is 4.79 Å². The van der Waals surface area contributed by atoms with Crippen molar-refractivity contribution in [1.29, 1.82) is 0 Å². The standard InChI is InChI=1S/C14H28N2O3/c1-12(2)10-19-9-8-16-13(17)14(11-18-3)4-6-15-7-5-14/h12,15H,4-11H2,1-3H3,(H,16,17). The number of ether oxygens (including phenoxy) is 2. The van der Waals surface area contributed by atoms with Crippen LogP contribution in [0.1, 0.15) is 26.7 Å². The third kappa shape index (κ3) is 5.47. The summed E-state index contributed by atoms with van der Waals surface area (Å²) < 4.78 is 10.7. The van der Waals surface area contributed by atoms with Crippen LogP contribution in [-0.4, -0.2) is 52.5 Å². The normalized spacial score (nSPS) is 18.5. The van der Waals surface area contributed by atoms with Crippen LogP contribution in [0.2, 0.25) is 0 Å². The van der Waals surface area contributed by atoms with Crippen LogP contribution in [-0.2, 0) is 14.3 Å². The first kappa shape index (κ1) is 16.4. The number of hydrogen-bond acceptors (Lipinski definition) is 4. The van der Waals surface area contributed by atoms with Gasteiger partial charge in [0.2, 0.25) is 5.91 Å². The molecule has 0 bridgehead atoms. The summed E-state index contributed by atoms with van der Waals surface area (Å²) in [6.45, 7) is 8.36. The van der Waals surface area contributed by atoms with E-state index in [4.69, 9.17) is 9.47 Å². The molecule has 1 rings (SSSR count). The first-order chi connectivity index (χ1) is 9.10. The van der Waals surface area contributed by atoms with Crippen molar-refractivity contribution in [2.24, 2.45) is 11.3 Å². The molecule has 0 saturated carbocycles. The largest absolute Gasteiger partial charge is 0.384 e. The summed E-state index contributed by atoms with van der Waals surface area (Å²) in [7, 11) is 1.66. The van der Waals surface area contributed by atoms with Crippen LogP contribution in [0.3, 0.4) is 0 Å². The predicted octanol–water partition coefficient (Wildman–Crippen LogP) is 0.791. The Labute approximate surface area is 116 Å². The lowest BCUT2D eigenvalue weighted by Crippen LogP contribution is -2.50. The Kier molecular flexibility index (Phi) is 7.34. The molecule has 19 heavy (non-hydrogen) atoms. The summed E-state index contributed by atoms with van der Waals surface area (Å²) in [6, 6.07) is 0. The van der Waals surface area contributed by atoms with Crippen molar-refractivity contribution in [2.75, 3.05) is 46.6 Å². The molecule has 0 radical (unpaired) electrons. The Morgan fingerprint density at radius 1 is 1.37 bits per heavy atom. The molecular formula is C14H28N2O3. The number of hydrogen-bond donors (Lipinski definition) is 2. The molecule has 1 aliphatic rings. The molecule has 0 spiro atoms. The fourth-order valence-corrected chi connectivity index (χ4v) is 2.36. The fraction of sp³-hybridized carbons (Fsp3) is 0.929. The van der Waals surface area contributed by atoms with Gasteiger partial charge in [-0.1, -0.05) is 13.8 Å². The maximum Gasteiger partial charge on any atom is 0.228 e. The van der Waals surface area contributed by atoms with Crippen molar-refractivity contribution in [2.45, 2.75) is 26.7 Å². The number of amides is 1. The lowest BCUT2D eigenvalue weighted by molar-refractivity contribution is -0.136. The Morgan fingerprint density at radius 2 is 2.05 bits per heavy atom. The van der Waals surface area contributed by atoms with Gasteiger partial charge >= 0.3 is 0 Å². The van der Waals surface area contributed by atoms with Crippen LogP contribution < -0.4 is 10.6 Å². The highest BCUT2D eigenvalue weighted by atomic mass is 16.5. The number of rotatable bonds is 8. The fourth-order valence-electron chi connectivity index (χ4n) is 2.36. The minimum Gasteiger partial charge on any atom is -0.384 e. The first-order valence-electron chi connectivity index (χ1n) is 7.16. The molecule has 1 aliphatic heterocycles. The molecule has 0 aliphatic carbocycles. The van der Waals surface area contributed by atoms with Gasteiger partial charge in [-0.25, -0.2) is 0 Å². The van der Waals surface area contributed by atoms with E-state index in [1.165, 1.54) is 0 Å². The molecule has 1 amide bonds. The van der Waals surface area contributed by atoms with Gasteiger partial charge in [-0.05, 0) is 31.8 Å². The Balaban J connectivity index is 2.32. The number of piperidine rings is 1.